The van der Waals surface area contributed by atoms with Gasteiger partial charge in [0.15, 0.2) is 0 Å². The third kappa shape index (κ3) is 10.3. The van der Waals surface area contributed by atoms with Gasteiger partial charge in [-0.15, -0.1) is 11.6 Å². The molecular formula is C9H18ClNO3S. The molecule has 0 heterocycles. The molecular weight excluding hydrogens is 238 g/mol. The van der Waals surface area contributed by atoms with Gasteiger partial charge >= 0.3 is 5.97 Å². The van der Waals surface area contributed by atoms with Crippen LogP contribution in [0.3, 0.4) is 0 Å². The zero-order valence-corrected chi connectivity index (χ0v) is 10.2. The lowest BCUT2D eigenvalue weighted by Crippen LogP contribution is -2.32. The molecule has 0 bridgehead atoms. The molecule has 0 radical (unpaired) electrons. The normalized spacial score (nSPS) is 12.7. The molecule has 1 atom stereocenters. The predicted octanol–water partition coefficient (Wildman–Crippen LogP) is 1.17. The van der Waals surface area contributed by atoms with Gasteiger partial charge in [0.1, 0.15) is 6.04 Å². The summed E-state index contributed by atoms with van der Waals surface area (Å²) in [6.07, 6.45) is 1.79. The van der Waals surface area contributed by atoms with Crippen molar-refractivity contribution in [2.75, 3.05) is 30.6 Å². The molecule has 0 aliphatic heterocycles. The van der Waals surface area contributed by atoms with E-state index >= 15 is 0 Å². The standard InChI is InChI=1S/C9H18ClNO3S/c10-3-1-4-14-5-2-6-15-7-8(11)9(12)13/h8H,1-7,11H2,(H,12,13)/t8-/m0/s1. The van der Waals surface area contributed by atoms with Gasteiger partial charge in [-0.2, -0.15) is 11.8 Å². The van der Waals surface area contributed by atoms with Crippen LogP contribution in [0.4, 0.5) is 0 Å². The number of thioether (sulfide) groups is 1. The second kappa shape index (κ2) is 10.5. The summed E-state index contributed by atoms with van der Waals surface area (Å²) in [6.45, 7) is 1.40. The number of hydrogen-bond acceptors (Lipinski definition) is 4. The minimum absolute atomic E-state index is 0.455. The van der Waals surface area contributed by atoms with E-state index in [9.17, 15) is 4.79 Å². The van der Waals surface area contributed by atoms with Gasteiger partial charge in [-0.25, -0.2) is 0 Å². The number of nitrogens with two attached hydrogens (primary N) is 1. The number of rotatable bonds is 10. The molecule has 0 aliphatic rings. The van der Waals surface area contributed by atoms with Gasteiger partial charge in [-0.3, -0.25) is 4.79 Å². The van der Waals surface area contributed by atoms with Crippen LogP contribution in [-0.4, -0.2) is 47.7 Å². The lowest BCUT2D eigenvalue weighted by molar-refractivity contribution is -0.137. The molecule has 0 rings (SSSR count). The Morgan fingerprint density at radius 2 is 2.13 bits per heavy atom. The van der Waals surface area contributed by atoms with Crippen LogP contribution in [0, 0.1) is 0 Å². The third-order valence-corrected chi connectivity index (χ3v) is 3.05. The molecule has 0 spiro atoms. The molecule has 3 N–H and O–H groups in total. The number of hydrogen-bond donors (Lipinski definition) is 2. The van der Waals surface area contributed by atoms with Crippen LogP contribution in [0.2, 0.25) is 0 Å². The molecule has 15 heavy (non-hydrogen) atoms. The fourth-order valence-electron chi connectivity index (χ4n) is 0.803. The van der Waals surface area contributed by atoms with Crippen LogP contribution in [0.25, 0.3) is 0 Å². The van der Waals surface area contributed by atoms with Crippen molar-refractivity contribution in [2.45, 2.75) is 18.9 Å². The SMILES string of the molecule is N[C@@H](CSCCCOCCCCl)C(=O)O. The van der Waals surface area contributed by atoms with E-state index in [-0.39, 0.29) is 0 Å². The fourth-order valence-corrected chi connectivity index (χ4v) is 1.80. The lowest BCUT2D eigenvalue weighted by atomic mass is 10.4. The van der Waals surface area contributed by atoms with Crippen LogP contribution in [-0.2, 0) is 9.53 Å². The Morgan fingerprint density at radius 3 is 2.73 bits per heavy atom. The molecule has 6 heteroatoms. The highest BCUT2D eigenvalue weighted by molar-refractivity contribution is 7.99. The minimum Gasteiger partial charge on any atom is -0.480 e. The van der Waals surface area contributed by atoms with Crippen LogP contribution in [0.5, 0.6) is 0 Å². The summed E-state index contributed by atoms with van der Waals surface area (Å²) in [5.41, 5.74) is 5.33. The number of alkyl halides is 1. The van der Waals surface area contributed by atoms with Crippen LogP contribution in [0.1, 0.15) is 12.8 Å². The van der Waals surface area contributed by atoms with E-state index in [1.165, 1.54) is 0 Å². The largest absolute Gasteiger partial charge is 0.480 e. The molecule has 0 aromatic carbocycles. The predicted molar refractivity (Wildman–Crippen MR) is 63.7 cm³/mol. The second-order valence-electron chi connectivity index (χ2n) is 3.03. The van der Waals surface area contributed by atoms with Crippen LogP contribution < -0.4 is 5.73 Å². The average Bonchev–Trinajstić information content (AvgIpc) is 2.21. The van der Waals surface area contributed by atoms with E-state index in [0.717, 1.165) is 18.6 Å². The molecule has 0 unspecified atom stereocenters. The maximum atomic E-state index is 10.4. The van der Waals surface area contributed by atoms with E-state index < -0.39 is 12.0 Å². The van der Waals surface area contributed by atoms with Gasteiger partial charge in [-0.05, 0) is 18.6 Å². The lowest BCUT2D eigenvalue weighted by Gasteiger charge is -2.06. The Hall–Kier alpha value is 0.0300. The second-order valence-corrected chi connectivity index (χ2v) is 4.56. The van der Waals surface area contributed by atoms with Crippen molar-refractivity contribution in [1.29, 1.82) is 0 Å². The monoisotopic (exact) mass is 255 g/mol. The summed E-state index contributed by atoms with van der Waals surface area (Å²) in [6, 6.07) is -0.757. The van der Waals surface area contributed by atoms with E-state index in [0.29, 0.717) is 24.8 Å². The smallest absolute Gasteiger partial charge is 0.321 e. The Balaban J connectivity index is 3.08. The van der Waals surface area contributed by atoms with Crippen molar-refractivity contribution in [3.63, 3.8) is 0 Å². The number of aliphatic carboxylic acids is 1. The highest BCUT2D eigenvalue weighted by Crippen LogP contribution is 2.04. The highest BCUT2D eigenvalue weighted by atomic mass is 35.5. The first-order valence-corrected chi connectivity index (χ1v) is 6.57. The quantitative estimate of drug-likeness (QED) is 0.453. The topological polar surface area (TPSA) is 72.5 Å². The summed E-state index contributed by atoms with van der Waals surface area (Å²) in [5, 5.41) is 8.51. The molecule has 0 aromatic heterocycles. The van der Waals surface area contributed by atoms with E-state index in [1.54, 1.807) is 11.8 Å². The zero-order chi connectivity index (χ0) is 11.5. The summed E-state index contributed by atoms with van der Waals surface area (Å²) in [4.78, 5) is 10.4. The van der Waals surface area contributed by atoms with Gasteiger partial charge in [-0.1, -0.05) is 0 Å². The number of ether oxygens (including phenoxy) is 1. The Kier molecular flexibility index (Phi) is 10.6. The summed E-state index contributed by atoms with van der Waals surface area (Å²) in [5.74, 6) is 1.02. The van der Waals surface area contributed by atoms with Gasteiger partial charge in [0.05, 0.1) is 0 Å². The van der Waals surface area contributed by atoms with Crippen LogP contribution >= 0.6 is 23.4 Å². The third-order valence-electron chi connectivity index (χ3n) is 1.61. The summed E-state index contributed by atoms with van der Waals surface area (Å²) < 4.78 is 5.28. The summed E-state index contributed by atoms with van der Waals surface area (Å²) >= 11 is 7.02. The molecule has 90 valence electrons. The molecule has 0 saturated carbocycles. The molecule has 4 nitrogen and oxygen atoms in total. The van der Waals surface area contributed by atoms with Crippen molar-refractivity contribution in [3.05, 3.63) is 0 Å². The fraction of sp³-hybridized carbons (Fsp3) is 0.889. The Labute approximate surface area is 99.5 Å². The molecule has 0 amide bonds. The van der Waals surface area contributed by atoms with Crippen molar-refractivity contribution in [1.82, 2.24) is 0 Å². The minimum atomic E-state index is -0.944. The van der Waals surface area contributed by atoms with E-state index in [2.05, 4.69) is 0 Å². The molecule has 0 aromatic rings. The zero-order valence-electron chi connectivity index (χ0n) is 8.65. The van der Waals surface area contributed by atoms with Gasteiger partial charge in [0, 0.05) is 24.8 Å². The van der Waals surface area contributed by atoms with Crippen molar-refractivity contribution in [2.24, 2.45) is 5.73 Å². The van der Waals surface area contributed by atoms with E-state index in [1.807, 2.05) is 0 Å². The molecule has 0 fully saturated rings. The van der Waals surface area contributed by atoms with Crippen molar-refractivity contribution >= 4 is 29.3 Å². The molecule has 0 aliphatic carbocycles. The maximum absolute atomic E-state index is 10.4. The van der Waals surface area contributed by atoms with E-state index in [4.69, 9.17) is 27.2 Å². The van der Waals surface area contributed by atoms with Gasteiger partial charge in [0.25, 0.3) is 0 Å². The molecule has 0 saturated heterocycles. The maximum Gasteiger partial charge on any atom is 0.321 e. The number of carboxylic acid groups (broad SMARTS) is 1. The van der Waals surface area contributed by atoms with Gasteiger partial charge < -0.3 is 15.6 Å². The first-order chi connectivity index (χ1) is 7.18. The van der Waals surface area contributed by atoms with Gasteiger partial charge in [0.2, 0.25) is 0 Å². The summed E-state index contributed by atoms with van der Waals surface area (Å²) in [7, 11) is 0. The first-order valence-electron chi connectivity index (χ1n) is 4.88. The number of carbonyl (C=O) groups is 1. The van der Waals surface area contributed by atoms with Crippen molar-refractivity contribution < 1.29 is 14.6 Å². The highest BCUT2D eigenvalue weighted by Gasteiger charge is 2.10. The Morgan fingerprint density at radius 1 is 1.47 bits per heavy atom. The first kappa shape index (κ1) is 15.0. The van der Waals surface area contributed by atoms with Crippen molar-refractivity contribution in [3.8, 4) is 0 Å². The number of halogens is 1. The van der Waals surface area contributed by atoms with Crippen LogP contribution in [0.15, 0.2) is 0 Å². The Bertz CT molecular complexity index is 171. The average molecular weight is 256 g/mol. The number of carboxylic acids is 1.